The molecule has 0 amide bonds. The molecule has 0 saturated heterocycles. The van der Waals surface area contributed by atoms with Crippen molar-refractivity contribution in [1.29, 1.82) is 0 Å². The van der Waals surface area contributed by atoms with E-state index >= 15 is 0 Å². The first-order valence-electron chi connectivity index (χ1n) is 6.84. The molecular formula is C12H20N6O2. The Morgan fingerprint density at radius 1 is 1.45 bits per heavy atom. The van der Waals surface area contributed by atoms with Crippen LogP contribution >= 0.6 is 0 Å². The van der Waals surface area contributed by atoms with Crippen LogP contribution in [0.25, 0.3) is 0 Å². The van der Waals surface area contributed by atoms with Crippen LogP contribution in [-0.4, -0.2) is 27.5 Å². The van der Waals surface area contributed by atoms with Gasteiger partial charge in [0, 0.05) is 12.6 Å². The van der Waals surface area contributed by atoms with Crippen molar-refractivity contribution in [3.05, 3.63) is 15.8 Å². The van der Waals surface area contributed by atoms with Gasteiger partial charge < -0.3 is 4.90 Å². The van der Waals surface area contributed by atoms with E-state index in [4.69, 9.17) is 5.84 Å². The summed E-state index contributed by atoms with van der Waals surface area (Å²) in [6.45, 7) is 4.26. The summed E-state index contributed by atoms with van der Waals surface area (Å²) in [7, 11) is 0. The average molecular weight is 280 g/mol. The van der Waals surface area contributed by atoms with Crippen molar-refractivity contribution in [2.75, 3.05) is 16.9 Å². The average Bonchev–Trinajstić information content (AvgIpc) is 2.92. The third-order valence-corrected chi connectivity index (χ3v) is 3.73. The number of nitrogen functional groups attached to an aromatic ring is 1. The maximum Gasteiger partial charge on any atom is 0.332 e. The molecule has 0 radical (unpaired) electrons. The monoisotopic (exact) mass is 280 g/mol. The van der Waals surface area contributed by atoms with Crippen LogP contribution in [0.3, 0.4) is 0 Å². The number of hydrogen-bond donors (Lipinski definition) is 2. The van der Waals surface area contributed by atoms with Crippen LogP contribution < -0.4 is 16.2 Å². The zero-order valence-corrected chi connectivity index (χ0v) is 11.8. The van der Waals surface area contributed by atoms with E-state index in [1.165, 1.54) is 0 Å². The molecule has 1 aliphatic carbocycles. The second-order valence-corrected chi connectivity index (χ2v) is 4.93. The molecule has 8 heteroatoms. The summed E-state index contributed by atoms with van der Waals surface area (Å²) in [6, 6.07) is 0.304. The van der Waals surface area contributed by atoms with Crippen molar-refractivity contribution >= 4 is 17.5 Å². The lowest BCUT2D eigenvalue weighted by Crippen LogP contribution is -2.34. The Morgan fingerprint density at radius 3 is 2.60 bits per heavy atom. The van der Waals surface area contributed by atoms with E-state index < -0.39 is 4.92 Å². The van der Waals surface area contributed by atoms with Gasteiger partial charge in [0.1, 0.15) is 5.69 Å². The molecule has 1 aliphatic rings. The quantitative estimate of drug-likeness (QED) is 0.480. The number of hydrogen-bond acceptors (Lipinski definition) is 7. The number of aryl methyl sites for hydroxylation is 1. The number of hydrazine groups is 1. The van der Waals surface area contributed by atoms with Crippen LogP contribution in [0.15, 0.2) is 0 Å². The Morgan fingerprint density at radius 2 is 2.10 bits per heavy atom. The van der Waals surface area contributed by atoms with Crippen LogP contribution in [0.4, 0.5) is 17.5 Å². The SMILES string of the molecule is CCN(c1nc(NN)nc(C)c1[N+](=O)[O-])C1CCCC1. The van der Waals surface area contributed by atoms with E-state index in [1.54, 1.807) is 6.92 Å². The number of rotatable bonds is 5. The molecule has 0 bridgehead atoms. The minimum absolute atomic E-state index is 0.0299. The number of nitrogens with one attached hydrogen (secondary N) is 1. The number of aromatic nitrogens is 2. The van der Waals surface area contributed by atoms with Crippen molar-refractivity contribution in [1.82, 2.24) is 9.97 Å². The van der Waals surface area contributed by atoms with Gasteiger partial charge in [0.05, 0.1) is 4.92 Å². The molecule has 0 spiro atoms. The standard InChI is InChI=1S/C12H20N6O2/c1-3-17(9-6-4-5-7-9)11-10(18(19)20)8(2)14-12(15-11)16-13/h9H,3-7,13H2,1-2H3,(H,14,15,16). The van der Waals surface area contributed by atoms with Gasteiger partial charge in [0.25, 0.3) is 0 Å². The molecule has 0 atom stereocenters. The second kappa shape index (κ2) is 6.00. The molecule has 1 heterocycles. The van der Waals surface area contributed by atoms with Crippen LogP contribution in [0.1, 0.15) is 38.3 Å². The lowest BCUT2D eigenvalue weighted by atomic mass is 10.2. The molecule has 20 heavy (non-hydrogen) atoms. The summed E-state index contributed by atoms with van der Waals surface area (Å²) < 4.78 is 0. The highest BCUT2D eigenvalue weighted by Crippen LogP contribution is 2.34. The Labute approximate surface area is 117 Å². The fourth-order valence-corrected chi connectivity index (χ4v) is 2.83. The van der Waals surface area contributed by atoms with Crippen LogP contribution in [0.5, 0.6) is 0 Å². The molecule has 8 nitrogen and oxygen atoms in total. The van der Waals surface area contributed by atoms with Gasteiger partial charge in [-0.25, -0.2) is 10.8 Å². The van der Waals surface area contributed by atoms with Crippen molar-refractivity contribution in [2.45, 2.75) is 45.6 Å². The molecule has 2 rings (SSSR count). The van der Waals surface area contributed by atoms with E-state index in [0.717, 1.165) is 25.7 Å². The lowest BCUT2D eigenvalue weighted by Gasteiger charge is -2.28. The van der Waals surface area contributed by atoms with Crippen LogP contribution in [0.2, 0.25) is 0 Å². The van der Waals surface area contributed by atoms with E-state index in [2.05, 4.69) is 15.4 Å². The smallest absolute Gasteiger partial charge is 0.332 e. The highest BCUT2D eigenvalue weighted by molar-refractivity contribution is 5.63. The maximum absolute atomic E-state index is 11.3. The summed E-state index contributed by atoms with van der Waals surface area (Å²) in [5.74, 6) is 5.92. The zero-order chi connectivity index (χ0) is 14.7. The van der Waals surface area contributed by atoms with Gasteiger partial charge in [-0.15, -0.1) is 0 Å². The molecule has 0 aromatic carbocycles. The molecular weight excluding hydrogens is 260 g/mol. The second-order valence-electron chi connectivity index (χ2n) is 4.93. The number of nitro groups is 1. The highest BCUT2D eigenvalue weighted by Gasteiger charge is 2.31. The Kier molecular flexibility index (Phi) is 4.33. The molecule has 3 N–H and O–H groups in total. The van der Waals surface area contributed by atoms with E-state index in [-0.39, 0.29) is 11.6 Å². The number of anilines is 2. The van der Waals surface area contributed by atoms with Gasteiger partial charge in [-0.3, -0.25) is 15.5 Å². The molecule has 1 aromatic rings. The Balaban J connectivity index is 2.50. The summed E-state index contributed by atoms with van der Waals surface area (Å²) in [5.41, 5.74) is 2.67. The van der Waals surface area contributed by atoms with Crippen molar-refractivity contribution in [2.24, 2.45) is 5.84 Å². The van der Waals surface area contributed by atoms with Gasteiger partial charge in [0.2, 0.25) is 11.8 Å². The van der Waals surface area contributed by atoms with Gasteiger partial charge in [0.15, 0.2) is 0 Å². The predicted molar refractivity (Wildman–Crippen MR) is 76.5 cm³/mol. The van der Waals surface area contributed by atoms with E-state index in [9.17, 15) is 10.1 Å². The minimum Gasteiger partial charge on any atom is -0.348 e. The van der Waals surface area contributed by atoms with Crippen molar-refractivity contribution < 1.29 is 4.92 Å². The molecule has 0 unspecified atom stereocenters. The third-order valence-electron chi connectivity index (χ3n) is 3.73. The van der Waals surface area contributed by atoms with Crippen LogP contribution in [0, 0.1) is 17.0 Å². The highest BCUT2D eigenvalue weighted by atomic mass is 16.6. The number of nitrogens with zero attached hydrogens (tertiary/aromatic N) is 4. The first-order valence-corrected chi connectivity index (χ1v) is 6.84. The van der Waals surface area contributed by atoms with E-state index in [1.807, 2.05) is 11.8 Å². The molecule has 1 fully saturated rings. The van der Waals surface area contributed by atoms with Crippen molar-refractivity contribution in [3.63, 3.8) is 0 Å². The fourth-order valence-electron chi connectivity index (χ4n) is 2.83. The van der Waals surface area contributed by atoms with Crippen molar-refractivity contribution in [3.8, 4) is 0 Å². The zero-order valence-electron chi connectivity index (χ0n) is 11.8. The van der Waals surface area contributed by atoms with Gasteiger partial charge in [-0.1, -0.05) is 12.8 Å². The largest absolute Gasteiger partial charge is 0.348 e. The molecule has 110 valence electrons. The lowest BCUT2D eigenvalue weighted by molar-refractivity contribution is -0.385. The van der Waals surface area contributed by atoms with Gasteiger partial charge in [-0.2, -0.15) is 4.98 Å². The summed E-state index contributed by atoms with van der Waals surface area (Å²) >= 11 is 0. The summed E-state index contributed by atoms with van der Waals surface area (Å²) in [5, 5.41) is 11.3. The predicted octanol–water partition coefficient (Wildman–Crippen LogP) is 1.75. The summed E-state index contributed by atoms with van der Waals surface area (Å²) in [6.07, 6.45) is 4.39. The third kappa shape index (κ3) is 2.64. The molecule has 1 saturated carbocycles. The normalized spacial score (nSPS) is 15.3. The van der Waals surface area contributed by atoms with E-state index in [0.29, 0.717) is 24.1 Å². The first kappa shape index (κ1) is 14.4. The first-order chi connectivity index (χ1) is 9.58. The fraction of sp³-hybridized carbons (Fsp3) is 0.667. The number of nitrogens with two attached hydrogens (primary N) is 1. The molecule has 1 aromatic heterocycles. The van der Waals surface area contributed by atoms with Gasteiger partial charge >= 0.3 is 5.69 Å². The maximum atomic E-state index is 11.3. The molecule has 0 aliphatic heterocycles. The summed E-state index contributed by atoms with van der Waals surface area (Å²) in [4.78, 5) is 21.1. The minimum atomic E-state index is -0.414. The Hall–Kier alpha value is -1.96. The van der Waals surface area contributed by atoms with Crippen LogP contribution in [-0.2, 0) is 0 Å². The van der Waals surface area contributed by atoms with Gasteiger partial charge in [-0.05, 0) is 26.7 Å². The Bertz CT molecular complexity index is 501. The topological polar surface area (TPSA) is 110 Å².